The van der Waals surface area contributed by atoms with Crippen LogP contribution in [0.15, 0.2) is 76.3 Å². The molecular weight excluding hydrogens is 569 g/mol. The smallest absolute Gasteiger partial charge is 0.262 e. The van der Waals surface area contributed by atoms with E-state index in [2.05, 4.69) is 31.8 Å². The van der Waals surface area contributed by atoms with Crippen molar-refractivity contribution in [2.75, 3.05) is 7.11 Å². The second-order valence-electron chi connectivity index (χ2n) is 7.71. The monoisotopic (exact) mass is 591 g/mol. The van der Waals surface area contributed by atoms with Crippen LogP contribution < -0.4 is 20.2 Å². The number of ether oxygens (including phenoxy) is 2. The summed E-state index contributed by atoms with van der Waals surface area (Å²) in [5.74, 6) is -0.0820. The first-order valence-electron chi connectivity index (χ1n) is 10.9. The average molecular weight is 593 g/mol. The van der Waals surface area contributed by atoms with Gasteiger partial charge in [0.25, 0.3) is 11.8 Å². The Morgan fingerprint density at radius 2 is 1.75 bits per heavy atom. The third kappa shape index (κ3) is 7.98. The summed E-state index contributed by atoms with van der Waals surface area (Å²) in [6.07, 6.45) is 0.795. The summed E-state index contributed by atoms with van der Waals surface area (Å²) >= 11 is 15.5. The molecule has 36 heavy (non-hydrogen) atoms. The Morgan fingerprint density at radius 1 is 1.03 bits per heavy atom. The van der Waals surface area contributed by atoms with E-state index in [1.165, 1.54) is 12.3 Å². The Balaban J connectivity index is 1.71. The third-order valence-corrected chi connectivity index (χ3v) is 6.08. The molecule has 2 atom stereocenters. The molecule has 0 radical (unpaired) electrons. The van der Waals surface area contributed by atoms with Crippen LogP contribution in [0, 0.1) is 0 Å². The normalized spacial score (nSPS) is 12.6. The molecule has 0 saturated heterocycles. The van der Waals surface area contributed by atoms with Gasteiger partial charge in [-0.25, -0.2) is 5.43 Å². The van der Waals surface area contributed by atoms with Crippen LogP contribution in [0.25, 0.3) is 0 Å². The fourth-order valence-corrected chi connectivity index (χ4v) is 4.04. The molecule has 0 aliphatic carbocycles. The summed E-state index contributed by atoms with van der Waals surface area (Å²) < 4.78 is 11.8. The number of nitrogens with zero attached hydrogens (tertiary/aromatic N) is 1. The minimum absolute atomic E-state index is 0.253. The highest BCUT2D eigenvalue weighted by atomic mass is 79.9. The molecule has 3 aromatic carbocycles. The second-order valence-corrected chi connectivity index (χ2v) is 9.47. The van der Waals surface area contributed by atoms with Crippen LogP contribution >= 0.6 is 39.1 Å². The number of carbonyl (C=O) groups is 2. The largest absolute Gasteiger partial charge is 0.496 e. The molecule has 188 valence electrons. The minimum atomic E-state index is -0.927. The lowest BCUT2D eigenvalue weighted by Crippen LogP contribution is -2.50. The summed E-state index contributed by atoms with van der Waals surface area (Å²) in [4.78, 5) is 25.9. The maximum Gasteiger partial charge on any atom is 0.262 e. The maximum atomic E-state index is 13.0. The van der Waals surface area contributed by atoms with Gasteiger partial charge in [0.2, 0.25) is 0 Å². The number of carbonyl (C=O) groups excluding carboxylic acids is 2. The van der Waals surface area contributed by atoms with Crippen LogP contribution in [0.2, 0.25) is 10.0 Å². The second kappa shape index (κ2) is 13.3. The number of rotatable bonds is 10. The van der Waals surface area contributed by atoms with Gasteiger partial charge in [-0.1, -0.05) is 69.5 Å². The van der Waals surface area contributed by atoms with Crippen LogP contribution in [-0.2, 0) is 16.0 Å². The third-order valence-electron chi connectivity index (χ3n) is 5.05. The molecule has 10 heteroatoms. The van der Waals surface area contributed by atoms with Gasteiger partial charge >= 0.3 is 0 Å². The summed E-state index contributed by atoms with van der Waals surface area (Å²) in [5.41, 5.74) is 4.03. The van der Waals surface area contributed by atoms with Gasteiger partial charge in [-0.3, -0.25) is 9.59 Å². The Bertz CT molecular complexity index is 1240. The minimum Gasteiger partial charge on any atom is -0.496 e. The van der Waals surface area contributed by atoms with Crippen molar-refractivity contribution in [1.82, 2.24) is 10.7 Å². The molecule has 0 unspecified atom stereocenters. The van der Waals surface area contributed by atoms with Crippen LogP contribution in [0.3, 0.4) is 0 Å². The number of nitrogens with one attached hydrogen (secondary N) is 2. The van der Waals surface area contributed by atoms with Crippen molar-refractivity contribution >= 4 is 57.2 Å². The molecule has 0 aliphatic rings. The van der Waals surface area contributed by atoms with Crippen LogP contribution in [0.1, 0.15) is 18.1 Å². The molecule has 3 aromatic rings. The molecule has 0 spiro atoms. The van der Waals surface area contributed by atoms with Crippen molar-refractivity contribution in [3.05, 3.63) is 92.4 Å². The van der Waals surface area contributed by atoms with E-state index in [1.54, 1.807) is 38.3 Å². The molecule has 2 amide bonds. The molecule has 0 heterocycles. The van der Waals surface area contributed by atoms with Gasteiger partial charge in [-0.15, -0.1) is 0 Å². The van der Waals surface area contributed by atoms with Crippen LogP contribution in [0.5, 0.6) is 11.5 Å². The molecule has 0 bridgehead atoms. The van der Waals surface area contributed by atoms with Gasteiger partial charge in [0, 0.05) is 21.5 Å². The predicted molar refractivity (Wildman–Crippen MR) is 145 cm³/mol. The van der Waals surface area contributed by atoms with Gasteiger partial charge in [0.05, 0.1) is 18.3 Å². The summed E-state index contributed by atoms with van der Waals surface area (Å²) in [6.45, 7) is 1.56. The Labute approximate surface area is 227 Å². The SMILES string of the molecule is COc1ccc(Br)cc1/C=N\NC(=O)[C@H](Cc1ccccc1)NC(=O)[C@H](C)Oc1ccc(Cl)cc1Cl. The lowest BCUT2D eigenvalue weighted by atomic mass is 10.1. The van der Waals surface area contributed by atoms with E-state index in [0.29, 0.717) is 22.1 Å². The molecule has 0 aromatic heterocycles. The van der Waals surface area contributed by atoms with Crippen molar-refractivity contribution in [3.63, 3.8) is 0 Å². The Hall–Kier alpha value is -3.07. The number of benzene rings is 3. The van der Waals surface area contributed by atoms with Crippen molar-refractivity contribution in [2.24, 2.45) is 5.10 Å². The van der Waals surface area contributed by atoms with Crippen LogP contribution in [-0.4, -0.2) is 37.3 Å². The summed E-state index contributed by atoms with van der Waals surface area (Å²) in [5, 5.41) is 7.53. The molecule has 2 N–H and O–H groups in total. The van der Waals surface area contributed by atoms with Crippen molar-refractivity contribution in [3.8, 4) is 11.5 Å². The molecule has 3 rings (SSSR count). The fraction of sp³-hybridized carbons (Fsp3) is 0.192. The first-order chi connectivity index (χ1) is 17.3. The molecule has 0 aliphatic heterocycles. The lowest BCUT2D eigenvalue weighted by molar-refractivity contribution is -0.132. The van der Waals surface area contributed by atoms with Crippen molar-refractivity contribution in [2.45, 2.75) is 25.5 Å². The highest BCUT2D eigenvalue weighted by molar-refractivity contribution is 9.10. The quantitative estimate of drug-likeness (QED) is 0.243. The first-order valence-corrected chi connectivity index (χ1v) is 12.4. The Kier molecular flexibility index (Phi) is 10.2. The number of hydrogen-bond donors (Lipinski definition) is 2. The maximum absolute atomic E-state index is 13.0. The lowest BCUT2D eigenvalue weighted by Gasteiger charge is -2.21. The first kappa shape index (κ1) is 27.5. The highest BCUT2D eigenvalue weighted by Crippen LogP contribution is 2.28. The fourth-order valence-electron chi connectivity index (χ4n) is 3.21. The van der Waals surface area contributed by atoms with E-state index in [4.69, 9.17) is 32.7 Å². The predicted octanol–water partition coefficient (Wildman–Crippen LogP) is 5.41. The van der Waals surface area contributed by atoms with E-state index in [-0.39, 0.29) is 11.4 Å². The van der Waals surface area contributed by atoms with Crippen molar-refractivity contribution in [1.29, 1.82) is 0 Å². The van der Waals surface area contributed by atoms with Crippen LogP contribution in [0.4, 0.5) is 0 Å². The average Bonchev–Trinajstić information content (AvgIpc) is 2.86. The zero-order chi connectivity index (χ0) is 26.1. The van der Waals surface area contributed by atoms with Gasteiger partial charge in [-0.05, 0) is 48.9 Å². The van der Waals surface area contributed by atoms with Gasteiger partial charge < -0.3 is 14.8 Å². The standard InChI is InChI=1S/C26H24BrCl2N3O4/c1-16(36-24-11-9-20(28)14-21(24)29)25(33)31-22(12-17-6-4-3-5-7-17)26(34)32-30-15-18-13-19(27)8-10-23(18)35-2/h3-11,13-16,22H,12H2,1-2H3,(H,31,33)(H,32,34)/b30-15-/t16-,22-/m0/s1. The summed E-state index contributed by atoms with van der Waals surface area (Å²) in [6, 6.07) is 18.5. The number of halogens is 3. The number of methoxy groups -OCH3 is 1. The molecular formula is C26H24BrCl2N3O4. The van der Waals surface area contributed by atoms with Gasteiger partial charge in [-0.2, -0.15) is 5.10 Å². The Morgan fingerprint density at radius 3 is 2.44 bits per heavy atom. The van der Waals surface area contributed by atoms with E-state index in [0.717, 1.165) is 10.0 Å². The number of amides is 2. The van der Waals surface area contributed by atoms with E-state index in [1.807, 2.05) is 36.4 Å². The van der Waals surface area contributed by atoms with E-state index >= 15 is 0 Å². The molecule has 0 fully saturated rings. The van der Waals surface area contributed by atoms with Gasteiger partial charge in [0.1, 0.15) is 17.5 Å². The zero-order valence-electron chi connectivity index (χ0n) is 19.5. The zero-order valence-corrected chi connectivity index (χ0v) is 22.6. The van der Waals surface area contributed by atoms with E-state index in [9.17, 15) is 9.59 Å². The van der Waals surface area contributed by atoms with E-state index < -0.39 is 24.0 Å². The van der Waals surface area contributed by atoms with Crippen molar-refractivity contribution < 1.29 is 19.1 Å². The highest BCUT2D eigenvalue weighted by Gasteiger charge is 2.25. The number of hydrogen-bond acceptors (Lipinski definition) is 5. The topological polar surface area (TPSA) is 89.0 Å². The summed E-state index contributed by atoms with van der Waals surface area (Å²) in [7, 11) is 1.55. The van der Waals surface area contributed by atoms with Gasteiger partial charge in [0.15, 0.2) is 6.10 Å². The molecule has 7 nitrogen and oxygen atoms in total. The molecule has 0 saturated carbocycles. The number of hydrazone groups is 1.